The molecule has 4 aromatic carbocycles. The molecular weight excluding hydrogens is 474 g/mol. The summed E-state index contributed by atoms with van der Waals surface area (Å²) in [5, 5.41) is 4.32. The highest BCUT2D eigenvalue weighted by Crippen LogP contribution is 2.29. The third-order valence-corrected chi connectivity index (χ3v) is 5.84. The zero-order chi connectivity index (χ0) is 27.0. The molecule has 38 heavy (non-hydrogen) atoms. The Kier molecular flexibility index (Phi) is 8.44. The molecule has 6 nitrogen and oxygen atoms in total. The van der Waals surface area contributed by atoms with E-state index in [-0.39, 0.29) is 0 Å². The van der Waals surface area contributed by atoms with E-state index < -0.39 is 29.8 Å². The smallest absolute Gasteiger partial charge is 0.430 e. The van der Waals surface area contributed by atoms with E-state index in [9.17, 15) is 9.59 Å². The second-order valence-electron chi connectivity index (χ2n) is 9.91. The molecule has 0 aliphatic heterocycles. The third-order valence-electron chi connectivity index (χ3n) is 5.84. The van der Waals surface area contributed by atoms with Crippen LogP contribution in [0.3, 0.4) is 0 Å². The number of urea groups is 1. The van der Waals surface area contributed by atoms with Gasteiger partial charge in [-0.15, -0.1) is 0 Å². The van der Waals surface area contributed by atoms with Gasteiger partial charge in [0.15, 0.2) is 0 Å². The predicted molar refractivity (Wildman–Crippen MR) is 149 cm³/mol. The van der Waals surface area contributed by atoms with Crippen molar-refractivity contribution in [3.63, 3.8) is 0 Å². The zero-order valence-corrected chi connectivity index (χ0v) is 21.9. The molecule has 0 spiro atoms. The van der Waals surface area contributed by atoms with Crippen LogP contribution in [0.15, 0.2) is 121 Å². The summed E-state index contributed by atoms with van der Waals surface area (Å²) >= 11 is 0. The van der Waals surface area contributed by atoms with Crippen LogP contribution in [-0.4, -0.2) is 22.7 Å². The molecule has 0 bridgehead atoms. The van der Waals surface area contributed by atoms with Gasteiger partial charge < -0.3 is 10.1 Å². The molecule has 0 aromatic heterocycles. The van der Waals surface area contributed by atoms with Gasteiger partial charge in [-0.1, -0.05) is 121 Å². The number of hydrazine groups is 1. The molecule has 0 fully saturated rings. The molecule has 0 saturated heterocycles. The number of hydrogen-bond acceptors (Lipinski definition) is 3. The molecule has 3 amide bonds. The molecule has 194 valence electrons. The first-order valence-electron chi connectivity index (χ1n) is 12.6. The summed E-state index contributed by atoms with van der Waals surface area (Å²) in [6.07, 6.45) is -0.665. The van der Waals surface area contributed by atoms with Gasteiger partial charge in [-0.25, -0.2) is 20.0 Å². The molecule has 4 rings (SSSR count). The lowest BCUT2D eigenvalue weighted by Crippen LogP contribution is -2.53. The van der Waals surface area contributed by atoms with Crippen LogP contribution in [0.2, 0.25) is 0 Å². The molecular formula is C32H33N3O3. The first-order valence-corrected chi connectivity index (χ1v) is 12.6. The fraction of sp³-hybridized carbons (Fsp3) is 0.188. The van der Waals surface area contributed by atoms with Crippen LogP contribution in [0.4, 0.5) is 9.59 Å². The van der Waals surface area contributed by atoms with Crippen LogP contribution in [0, 0.1) is 0 Å². The number of hydrogen-bond donors (Lipinski definition) is 2. The number of benzene rings is 4. The van der Waals surface area contributed by atoms with Gasteiger partial charge in [-0.2, -0.15) is 0 Å². The molecule has 4 aromatic rings. The van der Waals surface area contributed by atoms with Gasteiger partial charge in [-0.05, 0) is 43.0 Å². The molecule has 0 unspecified atom stereocenters. The second kappa shape index (κ2) is 12.1. The Labute approximate surface area is 224 Å². The van der Waals surface area contributed by atoms with Crippen molar-refractivity contribution in [3.05, 3.63) is 144 Å². The molecule has 2 N–H and O–H groups in total. The van der Waals surface area contributed by atoms with Gasteiger partial charge >= 0.3 is 12.1 Å². The highest BCUT2D eigenvalue weighted by atomic mass is 16.6. The molecule has 0 radical (unpaired) electrons. The number of amides is 3. The number of carbonyl (C=O) groups excluding carboxylic acids is 2. The van der Waals surface area contributed by atoms with E-state index >= 15 is 0 Å². The summed E-state index contributed by atoms with van der Waals surface area (Å²) in [7, 11) is 0. The fourth-order valence-electron chi connectivity index (χ4n) is 4.21. The van der Waals surface area contributed by atoms with Crippen LogP contribution in [0.1, 0.15) is 55.1 Å². The van der Waals surface area contributed by atoms with E-state index in [1.165, 1.54) is 5.01 Å². The second-order valence-corrected chi connectivity index (χ2v) is 9.91. The zero-order valence-electron chi connectivity index (χ0n) is 21.9. The van der Waals surface area contributed by atoms with Crippen LogP contribution in [-0.2, 0) is 4.74 Å². The van der Waals surface area contributed by atoms with E-state index in [4.69, 9.17) is 4.74 Å². The van der Waals surface area contributed by atoms with E-state index in [0.29, 0.717) is 0 Å². The number of nitrogens with one attached hydrogen (secondary N) is 2. The van der Waals surface area contributed by atoms with Gasteiger partial charge in [-0.3, -0.25) is 0 Å². The van der Waals surface area contributed by atoms with Gasteiger partial charge in [0.2, 0.25) is 0 Å². The number of nitrogens with zero attached hydrogens (tertiary/aromatic N) is 1. The highest BCUT2D eigenvalue weighted by Gasteiger charge is 2.33. The molecule has 0 heterocycles. The normalized spacial score (nSPS) is 11.2. The van der Waals surface area contributed by atoms with Crippen molar-refractivity contribution in [1.29, 1.82) is 0 Å². The SMILES string of the molecule is CC(C)(C)OC(=O)N(NC(=O)NC(c1ccccc1)c1ccccc1)C(c1ccccc1)c1ccccc1. The van der Waals surface area contributed by atoms with E-state index in [1.807, 2.05) is 121 Å². The Hall–Kier alpha value is -4.58. The Morgan fingerprint density at radius 2 is 1.00 bits per heavy atom. The Morgan fingerprint density at radius 3 is 1.37 bits per heavy atom. The Balaban J connectivity index is 1.70. The third kappa shape index (κ3) is 7.01. The summed E-state index contributed by atoms with van der Waals surface area (Å²) < 4.78 is 5.74. The highest BCUT2D eigenvalue weighted by molar-refractivity contribution is 5.79. The summed E-state index contributed by atoms with van der Waals surface area (Å²) in [6.45, 7) is 5.39. The Morgan fingerprint density at radius 1 is 0.632 bits per heavy atom. The topological polar surface area (TPSA) is 70.7 Å². The maximum Gasteiger partial charge on any atom is 0.430 e. The maximum absolute atomic E-state index is 13.6. The van der Waals surface area contributed by atoms with Crippen LogP contribution < -0.4 is 10.7 Å². The first-order chi connectivity index (χ1) is 18.3. The summed E-state index contributed by atoms with van der Waals surface area (Å²) in [4.78, 5) is 27.1. The predicted octanol–water partition coefficient (Wildman–Crippen LogP) is 7.02. The lowest BCUT2D eigenvalue weighted by molar-refractivity contribution is 0.00941. The van der Waals surface area contributed by atoms with E-state index in [0.717, 1.165) is 22.3 Å². The van der Waals surface area contributed by atoms with Crippen molar-refractivity contribution in [2.24, 2.45) is 0 Å². The van der Waals surface area contributed by atoms with E-state index in [1.54, 1.807) is 20.8 Å². The number of rotatable bonds is 6. The van der Waals surface area contributed by atoms with Crippen molar-refractivity contribution in [2.45, 2.75) is 38.5 Å². The minimum atomic E-state index is -0.762. The van der Waals surface area contributed by atoms with Crippen LogP contribution in [0.25, 0.3) is 0 Å². The fourth-order valence-corrected chi connectivity index (χ4v) is 4.21. The molecule has 6 heteroatoms. The summed E-state index contributed by atoms with van der Waals surface area (Å²) in [5.74, 6) is 0. The largest absolute Gasteiger partial charge is 0.442 e. The molecule has 0 saturated carbocycles. The van der Waals surface area contributed by atoms with E-state index in [2.05, 4.69) is 10.7 Å². The van der Waals surface area contributed by atoms with Gasteiger partial charge in [0.05, 0.1) is 6.04 Å². The quantitative estimate of drug-likeness (QED) is 0.276. The first kappa shape index (κ1) is 26.5. The maximum atomic E-state index is 13.6. The lowest BCUT2D eigenvalue weighted by Gasteiger charge is -2.34. The number of ether oxygens (including phenoxy) is 1. The van der Waals surface area contributed by atoms with Crippen molar-refractivity contribution in [2.75, 3.05) is 0 Å². The van der Waals surface area contributed by atoms with Crippen molar-refractivity contribution < 1.29 is 14.3 Å². The summed E-state index contributed by atoms with van der Waals surface area (Å²) in [6, 6.07) is 36.9. The average molecular weight is 508 g/mol. The van der Waals surface area contributed by atoms with Crippen molar-refractivity contribution >= 4 is 12.1 Å². The number of carbonyl (C=O) groups is 2. The molecule has 0 aliphatic carbocycles. The van der Waals surface area contributed by atoms with Crippen LogP contribution in [0.5, 0.6) is 0 Å². The standard InChI is InChI=1S/C32H33N3O3/c1-32(2,3)38-31(37)35(29(26-20-12-6-13-21-26)27-22-14-7-15-23-27)34-30(36)33-28(24-16-8-4-9-17-24)25-18-10-5-11-19-25/h4-23,28-29H,1-3H3,(H2,33,34,36). The minimum absolute atomic E-state index is 0.426. The van der Waals surface area contributed by atoms with Gasteiger partial charge in [0.25, 0.3) is 0 Å². The minimum Gasteiger partial charge on any atom is -0.442 e. The average Bonchev–Trinajstić information content (AvgIpc) is 2.92. The Bertz CT molecular complexity index is 1230. The van der Waals surface area contributed by atoms with Gasteiger partial charge in [0.1, 0.15) is 11.6 Å². The molecule has 0 aliphatic rings. The van der Waals surface area contributed by atoms with Crippen molar-refractivity contribution in [3.8, 4) is 0 Å². The monoisotopic (exact) mass is 507 g/mol. The molecule has 0 atom stereocenters. The lowest BCUT2D eigenvalue weighted by atomic mass is 9.98. The van der Waals surface area contributed by atoms with Crippen molar-refractivity contribution in [1.82, 2.24) is 15.8 Å². The van der Waals surface area contributed by atoms with Crippen LogP contribution >= 0.6 is 0 Å². The summed E-state index contributed by atoms with van der Waals surface area (Å²) in [5.41, 5.74) is 5.54. The van der Waals surface area contributed by atoms with Gasteiger partial charge in [0, 0.05) is 0 Å².